The number of hydrogen-bond donors (Lipinski definition) is 1. The van der Waals surface area contributed by atoms with E-state index in [-0.39, 0.29) is 0 Å². The van der Waals surface area contributed by atoms with Crippen LogP contribution in [0.4, 0.5) is 0 Å². The zero-order valence-corrected chi connectivity index (χ0v) is 10.7. The Morgan fingerprint density at radius 2 is 2.19 bits per heavy atom. The molecule has 0 radical (unpaired) electrons. The zero-order chi connectivity index (χ0) is 11.8. The molecule has 0 unspecified atom stereocenters. The van der Waals surface area contributed by atoms with E-state index in [0.29, 0.717) is 18.2 Å². The first-order valence-electron chi connectivity index (χ1n) is 4.98. The predicted molar refractivity (Wildman–Crippen MR) is 68.7 cm³/mol. The summed E-state index contributed by atoms with van der Waals surface area (Å²) in [5, 5.41) is 3.80. The highest BCUT2D eigenvalue weighted by molar-refractivity contribution is 6.36. The minimum absolute atomic E-state index is 0.583. The van der Waals surface area contributed by atoms with Crippen molar-refractivity contribution in [3.8, 4) is 0 Å². The van der Waals surface area contributed by atoms with Crippen LogP contribution in [0.2, 0.25) is 0 Å². The Morgan fingerprint density at radius 3 is 2.88 bits per heavy atom. The maximum atomic E-state index is 5.76. The molecule has 0 atom stereocenters. The van der Waals surface area contributed by atoms with E-state index in [1.807, 2.05) is 12.1 Å². The van der Waals surface area contributed by atoms with Crippen molar-refractivity contribution in [3.05, 3.63) is 46.0 Å². The summed E-state index contributed by atoms with van der Waals surface area (Å²) < 4.78 is 5.07. The molecule has 0 fully saturated rings. The largest absolute Gasteiger partial charge is 0.380 e. The molecule has 88 valence electrons. The van der Waals surface area contributed by atoms with Crippen LogP contribution >= 0.6 is 23.2 Å². The fourth-order valence-electron chi connectivity index (χ4n) is 1.36. The van der Waals surface area contributed by atoms with E-state index < -0.39 is 0 Å². The molecule has 0 bridgehead atoms. The Kier molecular flexibility index (Phi) is 6.50. The lowest BCUT2D eigenvalue weighted by atomic mass is 10.1. The Labute approximate surface area is 106 Å². The van der Waals surface area contributed by atoms with E-state index in [0.717, 1.165) is 6.54 Å². The number of rotatable bonds is 6. The third kappa shape index (κ3) is 4.99. The standard InChI is InChI=1S/C12H15Cl2NO/c1-16-9-11-4-2-3-10(5-11)7-15-8-12(14)6-13/h2-6,15H,7-9H2,1H3. The monoisotopic (exact) mass is 259 g/mol. The second-order valence-electron chi connectivity index (χ2n) is 3.41. The average molecular weight is 260 g/mol. The molecule has 1 aromatic rings. The molecule has 2 nitrogen and oxygen atoms in total. The lowest BCUT2D eigenvalue weighted by Gasteiger charge is -2.06. The molecular weight excluding hydrogens is 245 g/mol. The maximum Gasteiger partial charge on any atom is 0.0713 e. The summed E-state index contributed by atoms with van der Waals surface area (Å²) in [5.41, 5.74) is 3.74. The van der Waals surface area contributed by atoms with Crippen molar-refractivity contribution in [2.75, 3.05) is 13.7 Å². The molecule has 0 aromatic heterocycles. The van der Waals surface area contributed by atoms with Crippen molar-refractivity contribution >= 4 is 23.2 Å². The summed E-state index contributed by atoms with van der Waals surface area (Å²) >= 11 is 11.2. The molecule has 0 spiro atoms. The first kappa shape index (κ1) is 13.5. The van der Waals surface area contributed by atoms with Gasteiger partial charge in [-0.3, -0.25) is 0 Å². The fourth-order valence-corrected chi connectivity index (χ4v) is 1.53. The number of ether oxygens (including phenoxy) is 1. The predicted octanol–water partition coefficient (Wildman–Crippen LogP) is 3.24. The number of hydrogen-bond acceptors (Lipinski definition) is 2. The van der Waals surface area contributed by atoms with Gasteiger partial charge in [0.25, 0.3) is 0 Å². The maximum absolute atomic E-state index is 5.76. The Bertz CT molecular complexity index is 353. The molecule has 16 heavy (non-hydrogen) atoms. The topological polar surface area (TPSA) is 21.3 Å². The van der Waals surface area contributed by atoms with Gasteiger partial charge < -0.3 is 10.1 Å². The third-order valence-corrected chi connectivity index (χ3v) is 2.66. The molecule has 0 aliphatic rings. The Morgan fingerprint density at radius 1 is 1.44 bits per heavy atom. The van der Waals surface area contributed by atoms with Crippen LogP contribution in [-0.2, 0) is 17.9 Å². The molecule has 1 aromatic carbocycles. The van der Waals surface area contributed by atoms with Gasteiger partial charge in [0.15, 0.2) is 0 Å². The van der Waals surface area contributed by atoms with Crippen LogP contribution < -0.4 is 5.32 Å². The molecule has 0 amide bonds. The number of halogens is 2. The van der Waals surface area contributed by atoms with Crippen LogP contribution in [0.15, 0.2) is 34.8 Å². The molecule has 4 heteroatoms. The Hall–Kier alpha value is -0.540. The van der Waals surface area contributed by atoms with Crippen LogP contribution in [-0.4, -0.2) is 13.7 Å². The molecule has 0 heterocycles. The van der Waals surface area contributed by atoms with Crippen molar-refractivity contribution < 1.29 is 4.74 Å². The van der Waals surface area contributed by atoms with E-state index in [1.54, 1.807) is 7.11 Å². The van der Waals surface area contributed by atoms with Gasteiger partial charge in [0, 0.05) is 30.8 Å². The smallest absolute Gasteiger partial charge is 0.0713 e. The highest BCUT2D eigenvalue weighted by Gasteiger charge is 1.96. The van der Waals surface area contributed by atoms with Gasteiger partial charge in [-0.1, -0.05) is 47.5 Å². The van der Waals surface area contributed by atoms with Crippen molar-refractivity contribution in [3.63, 3.8) is 0 Å². The van der Waals surface area contributed by atoms with Crippen molar-refractivity contribution in [2.45, 2.75) is 13.2 Å². The van der Waals surface area contributed by atoms with Crippen LogP contribution in [0.25, 0.3) is 0 Å². The van der Waals surface area contributed by atoms with Gasteiger partial charge >= 0.3 is 0 Å². The molecule has 0 saturated carbocycles. The summed E-state index contributed by atoms with van der Waals surface area (Å²) in [4.78, 5) is 0. The zero-order valence-electron chi connectivity index (χ0n) is 9.17. The van der Waals surface area contributed by atoms with Crippen molar-refractivity contribution in [1.82, 2.24) is 5.32 Å². The van der Waals surface area contributed by atoms with Crippen LogP contribution in [0.5, 0.6) is 0 Å². The van der Waals surface area contributed by atoms with E-state index in [2.05, 4.69) is 17.4 Å². The SMILES string of the molecule is COCc1cccc(CNCC(Cl)=CCl)c1. The minimum Gasteiger partial charge on any atom is -0.380 e. The van der Waals surface area contributed by atoms with Gasteiger partial charge in [-0.25, -0.2) is 0 Å². The lowest BCUT2D eigenvalue weighted by molar-refractivity contribution is 0.185. The van der Waals surface area contributed by atoms with Gasteiger partial charge in [0.05, 0.1) is 6.61 Å². The molecule has 1 N–H and O–H groups in total. The first-order chi connectivity index (χ1) is 7.76. The molecule has 0 aliphatic carbocycles. The summed E-state index contributed by atoms with van der Waals surface area (Å²) in [6.07, 6.45) is 0. The highest BCUT2D eigenvalue weighted by Crippen LogP contribution is 2.07. The molecular formula is C12H15Cl2NO. The average Bonchev–Trinajstić information content (AvgIpc) is 2.30. The first-order valence-corrected chi connectivity index (χ1v) is 5.80. The minimum atomic E-state index is 0.583. The summed E-state index contributed by atoms with van der Waals surface area (Å²) in [5.74, 6) is 0. The highest BCUT2D eigenvalue weighted by atomic mass is 35.5. The van der Waals surface area contributed by atoms with Gasteiger partial charge in [-0.15, -0.1) is 0 Å². The van der Waals surface area contributed by atoms with E-state index >= 15 is 0 Å². The summed E-state index contributed by atoms with van der Waals surface area (Å²) in [6.45, 7) is 1.98. The van der Waals surface area contributed by atoms with E-state index in [1.165, 1.54) is 16.7 Å². The van der Waals surface area contributed by atoms with E-state index in [4.69, 9.17) is 27.9 Å². The van der Waals surface area contributed by atoms with Crippen LogP contribution in [0, 0.1) is 0 Å². The van der Waals surface area contributed by atoms with E-state index in [9.17, 15) is 0 Å². The van der Waals surface area contributed by atoms with Gasteiger partial charge in [0.1, 0.15) is 0 Å². The van der Waals surface area contributed by atoms with Gasteiger partial charge in [0.2, 0.25) is 0 Å². The lowest BCUT2D eigenvalue weighted by Crippen LogP contribution is -2.14. The Balaban J connectivity index is 2.44. The van der Waals surface area contributed by atoms with Crippen molar-refractivity contribution in [1.29, 1.82) is 0 Å². The van der Waals surface area contributed by atoms with Gasteiger partial charge in [-0.05, 0) is 11.1 Å². The van der Waals surface area contributed by atoms with Gasteiger partial charge in [-0.2, -0.15) is 0 Å². The molecule has 1 rings (SSSR count). The molecule has 0 aliphatic heterocycles. The third-order valence-electron chi connectivity index (χ3n) is 2.04. The van der Waals surface area contributed by atoms with Crippen LogP contribution in [0.3, 0.4) is 0 Å². The molecule has 0 saturated heterocycles. The number of nitrogens with one attached hydrogen (secondary N) is 1. The number of methoxy groups -OCH3 is 1. The second kappa shape index (κ2) is 7.69. The fraction of sp³-hybridized carbons (Fsp3) is 0.333. The summed E-state index contributed by atoms with van der Waals surface area (Å²) in [6, 6.07) is 8.22. The quantitative estimate of drug-likeness (QED) is 0.847. The van der Waals surface area contributed by atoms with Crippen LogP contribution in [0.1, 0.15) is 11.1 Å². The second-order valence-corrected chi connectivity index (χ2v) is 4.12. The number of benzene rings is 1. The normalized spacial score (nSPS) is 11.8. The summed E-state index contributed by atoms with van der Waals surface area (Å²) in [7, 11) is 1.69. The van der Waals surface area contributed by atoms with Crippen molar-refractivity contribution in [2.24, 2.45) is 0 Å².